The molecule has 0 spiro atoms. The van der Waals surface area contributed by atoms with Gasteiger partial charge in [-0.3, -0.25) is 4.79 Å². The number of ketones is 1. The van der Waals surface area contributed by atoms with Crippen molar-refractivity contribution in [3.63, 3.8) is 0 Å². The fraction of sp³-hybridized carbons (Fsp3) is 0. The third-order valence-electron chi connectivity index (χ3n) is 3.35. The van der Waals surface area contributed by atoms with E-state index in [9.17, 15) is 4.79 Å². The van der Waals surface area contributed by atoms with Gasteiger partial charge >= 0.3 is 0 Å². The van der Waals surface area contributed by atoms with E-state index < -0.39 is 0 Å². The molecule has 0 aliphatic carbocycles. The van der Waals surface area contributed by atoms with Crippen LogP contribution in [-0.2, 0) is 0 Å². The lowest BCUT2D eigenvalue weighted by Gasteiger charge is -2.06. The van der Waals surface area contributed by atoms with Gasteiger partial charge in [0.15, 0.2) is 5.78 Å². The molecule has 3 aromatic rings. The van der Waals surface area contributed by atoms with Crippen LogP contribution in [0.5, 0.6) is 0 Å². The second kappa shape index (κ2) is 5.94. The van der Waals surface area contributed by atoms with Crippen molar-refractivity contribution in [1.82, 2.24) is 0 Å². The van der Waals surface area contributed by atoms with E-state index in [4.69, 9.17) is 11.6 Å². The molecule has 0 heterocycles. The van der Waals surface area contributed by atoms with Crippen LogP contribution >= 0.6 is 11.6 Å². The van der Waals surface area contributed by atoms with E-state index in [2.05, 4.69) is 0 Å². The van der Waals surface area contributed by atoms with E-state index in [-0.39, 0.29) is 5.78 Å². The molecule has 102 valence electrons. The molecule has 21 heavy (non-hydrogen) atoms. The summed E-state index contributed by atoms with van der Waals surface area (Å²) in [5, 5.41) is 0.479. The first kappa shape index (κ1) is 13.6. The lowest BCUT2D eigenvalue weighted by molar-refractivity contribution is 0.103. The van der Waals surface area contributed by atoms with Crippen molar-refractivity contribution >= 4 is 17.4 Å². The molecule has 0 aliphatic heterocycles. The third-order valence-corrected chi connectivity index (χ3v) is 3.68. The van der Waals surface area contributed by atoms with Gasteiger partial charge in [0.2, 0.25) is 0 Å². The van der Waals surface area contributed by atoms with E-state index in [0.717, 1.165) is 11.1 Å². The Bertz CT molecular complexity index is 778. The maximum atomic E-state index is 12.6. The Morgan fingerprint density at radius 3 is 2.14 bits per heavy atom. The largest absolute Gasteiger partial charge is 0.289 e. The SMILES string of the molecule is O=C(c1cccc(-c2ccccc2)c1)c1ccccc1Cl. The molecule has 3 rings (SSSR count). The molecule has 0 saturated heterocycles. The molecule has 0 radical (unpaired) electrons. The molecule has 1 nitrogen and oxygen atoms in total. The predicted octanol–water partition coefficient (Wildman–Crippen LogP) is 5.24. The van der Waals surface area contributed by atoms with Crippen molar-refractivity contribution < 1.29 is 4.79 Å². The zero-order valence-corrected chi connectivity index (χ0v) is 12.0. The van der Waals surface area contributed by atoms with E-state index in [1.807, 2.05) is 66.7 Å². The zero-order chi connectivity index (χ0) is 14.7. The third kappa shape index (κ3) is 2.88. The molecule has 2 heteroatoms. The Kier molecular flexibility index (Phi) is 3.85. The molecule has 0 unspecified atom stereocenters. The van der Waals surface area contributed by atoms with Crippen LogP contribution < -0.4 is 0 Å². The Hall–Kier alpha value is -2.38. The molecule has 0 bridgehead atoms. The molecular formula is C19H13ClO. The highest BCUT2D eigenvalue weighted by atomic mass is 35.5. The van der Waals surface area contributed by atoms with Crippen molar-refractivity contribution in [3.8, 4) is 11.1 Å². The average molecular weight is 293 g/mol. The Labute approximate surface area is 128 Å². The van der Waals surface area contributed by atoms with Crippen LogP contribution in [0.3, 0.4) is 0 Å². The minimum absolute atomic E-state index is 0.0571. The first-order chi connectivity index (χ1) is 10.3. The smallest absolute Gasteiger partial charge is 0.194 e. The highest BCUT2D eigenvalue weighted by molar-refractivity contribution is 6.35. The first-order valence-corrected chi connectivity index (χ1v) is 7.08. The van der Waals surface area contributed by atoms with Crippen LogP contribution in [0.25, 0.3) is 11.1 Å². The quantitative estimate of drug-likeness (QED) is 0.603. The summed E-state index contributed by atoms with van der Waals surface area (Å²) < 4.78 is 0. The van der Waals surface area contributed by atoms with Gasteiger partial charge in [-0.2, -0.15) is 0 Å². The number of halogens is 1. The van der Waals surface area contributed by atoms with Crippen molar-refractivity contribution in [1.29, 1.82) is 0 Å². The van der Waals surface area contributed by atoms with Crippen LogP contribution in [0, 0.1) is 0 Å². The highest BCUT2D eigenvalue weighted by Crippen LogP contribution is 2.23. The minimum atomic E-state index is -0.0571. The zero-order valence-electron chi connectivity index (χ0n) is 11.3. The van der Waals surface area contributed by atoms with Gasteiger partial charge in [-0.15, -0.1) is 0 Å². The number of hydrogen-bond acceptors (Lipinski definition) is 1. The molecule has 0 atom stereocenters. The summed E-state index contributed by atoms with van der Waals surface area (Å²) in [4.78, 5) is 12.6. The van der Waals surface area contributed by atoms with Gasteiger partial charge in [0.25, 0.3) is 0 Å². The van der Waals surface area contributed by atoms with Crippen LogP contribution in [0.4, 0.5) is 0 Å². The van der Waals surface area contributed by atoms with Gasteiger partial charge < -0.3 is 0 Å². The summed E-state index contributed by atoms with van der Waals surface area (Å²) in [7, 11) is 0. The first-order valence-electron chi connectivity index (χ1n) is 6.70. The number of carbonyl (C=O) groups is 1. The van der Waals surface area contributed by atoms with Gasteiger partial charge in [-0.05, 0) is 29.3 Å². The molecule has 0 aliphatic rings. The van der Waals surface area contributed by atoms with Crippen LogP contribution in [-0.4, -0.2) is 5.78 Å². The number of rotatable bonds is 3. The molecule has 3 aromatic carbocycles. The Morgan fingerprint density at radius 2 is 1.38 bits per heavy atom. The minimum Gasteiger partial charge on any atom is -0.289 e. The fourth-order valence-corrected chi connectivity index (χ4v) is 2.49. The van der Waals surface area contributed by atoms with Gasteiger partial charge in [0, 0.05) is 11.1 Å². The van der Waals surface area contributed by atoms with Crippen LogP contribution in [0.15, 0.2) is 78.9 Å². The normalized spacial score (nSPS) is 10.3. The van der Waals surface area contributed by atoms with E-state index in [0.29, 0.717) is 16.1 Å². The predicted molar refractivity (Wildman–Crippen MR) is 86.8 cm³/mol. The molecule has 0 amide bonds. The average Bonchev–Trinajstić information content (AvgIpc) is 2.56. The Morgan fingerprint density at radius 1 is 0.714 bits per heavy atom. The summed E-state index contributed by atoms with van der Waals surface area (Å²) >= 11 is 6.10. The topological polar surface area (TPSA) is 17.1 Å². The molecule has 0 saturated carbocycles. The van der Waals surface area contributed by atoms with Gasteiger partial charge in [0.05, 0.1) is 5.02 Å². The maximum absolute atomic E-state index is 12.6. The van der Waals surface area contributed by atoms with Crippen molar-refractivity contribution in [2.24, 2.45) is 0 Å². The number of carbonyl (C=O) groups excluding carboxylic acids is 1. The van der Waals surface area contributed by atoms with Crippen molar-refractivity contribution in [2.75, 3.05) is 0 Å². The molecule has 0 N–H and O–H groups in total. The molecular weight excluding hydrogens is 280 g/mol. The standard InChI is InChI=1S/C19H13ClO/c20-18-12-5-4-11-17(18)19(21)16-10-6-9-15(13-16)14-7-2-1-3-8-14/h1-13H. The maximum Gasteiger partial charge on any atom is 0.194 e. The number of hydrogen-bond donors (Lipinski definition) is 0. The molecule has 0 aromatic heterocycles. The fourth-order valence-electron chi connectivity index (χ4n) is 2.27. The van der Waals surface area contributed by atoms with Crippen molar-refractivity contribution in [2.45, 2.75) is 0 Å². The summed E-state index contributed by atoms with van der Waals surface area (Å²) in [6.07, 6.45) is 0. The summed E-state index contributed by atoms with van der Waals surface area (Å²) in [6.45, 7) is 0. The lowest BCUT2D eigenvalue weighted by Crippen LogP contribution is -2.02. The summed E-state index contributed by atoms with van der Waals surface area (Å²) in [6, 6.07) is 24.7. The molecule has 0 fully saturated rings. The lowest BCUT2D eigenvalue weighted by atomic mass is 9.98. The number of benzene rings is 3. The van der Waals surface area contributed by atoms with E-state index >= 15 is 0 Å². The van der Waals surface area contributed by atoms with Crippen LogP contribution in [0.2, 0.25) is 5.02 Å². The van der Waals surface area contributed by atoms with E-state index in [1.165, 1.54) is 0 Å². The van der Waals surface area contributed by atoms with Gasteiger partial charge in [0.1, 0.15) is 0 Å². The highest BCUT2D eigenvalue weighted by Gasteiger charge is 2.12. The van der Waals surface area contributed by atoms with Crippen molar-refractivity contribution in [3.05, 3.63) is 95.0 Å². The monoisotopic (exact) mass is 292 g/mol. The second-order valence-corrected chi connectivity index (χ2v) is 5.16. The van der Waals surface area contributed by atoms with E-state index in [1.54, 1.807) is 12.1 Å². The summed E-state index contributed by atoms with van der Waals surface area (Å²) in [5.41, 5.74) is 3.29. The van der Waals surface area contributed by atoms with Gasteiger partial charge in [-0.25, -0.2) is 0 Å². The van der Waals surface area contributed by atoms with Gasteiger partial charge in [-0.1, -0.05) is 72.3 Å². The Balaban J connectivity index is 2.01. The summed E-state index contributed by atoms with van der Waals surface area (Å²) in [5.74, 6) is -0.0571. The van der Waals surface area contributed by atoms with Crippen LogP contribution in [0.1, 0.15) is 15.9 Å². The second-order valence-electron chi connectivity index (χ2n) is 4.76.